The van der Waals surface area contributed by atoms with E-state index in [4.69, 9.17) is 4.74 Å². The minimum Gasteiger partial charge on any atom is -0.431 e. The molecular formula is C16H28O2. The largest absolute Gasteiger partial charge is 0.431 e. The minimum atomic E-state index is -0.0824. The maximum atomic E-state index is 12.2. The Bertz CT molecular complexity index is 339. The Hall–Kier alpha value is -0.790. The lowest BCUT2D eigenvalue weighted by atomic mass is 9.61. The van der Waals surface area contributed by atoms with Crippen LogP contribution in [0.2, 0.25) is 0 Å². The minimum absolute atomic E-state index is 0.0355. The summed E-state index contributed by atoms with van der Waals surface area (Å²) in [7, 11) is 0. The van der Waals surface area contributed by atoms with Gasteiger partial charge >= 0.3 is 5.97 Å². The molecule has 0 aromatic heterocycles. The molecule has 0 bridgehead atoms. The van der Waals surface area contributed by atoms with E-state index >= 15 is 0 Å². The van der Waals surface area contributed by atoms with Crippen molar-refractivity contribution in [3.63, 3.8) is 0 Å². The molecule has 2 unspecified atom stereocenters. The van der Waals surface area contributed by atoms with Crippen molar-refractivity contribution in [2.24, 2.45) is 22.7 Å². The number of ether oxygens (including phenoxy) is 1. The van der Waals surface area contributed by atoms with Gasteiger partial charge in [0.1, 0.15) is 5.76 Å². The van der Waals surface area contributed by atoms with E-state index < -0.39 is 0 Å². The zero-order valence-electron chi connectivity index (χ0n) is 12.8. The summed E-state index contributed by atoms with van der Waals surface area (Å²) in [5.41, 5.74) is 0.0291. The summed E-state index contributed by atoms with van der Waals surface area (Å²) >= 11 is 0. The Balaban J connectivity index is 3.13. The van der Waals surface area contributed by atoms with Gasteiger partial charge in [0.2, 0.25) is 0 Å². The van der Waals surface area contributed by atoms with Crippen LogP contribution < -0.4 is 0 Å². The number of cyclic esters (lactones) is 1. The van der Waals surface area contributed by atoms with Crippen molar-refractivity contribution in [2.45, 2.75) is 60.8 Å². The van der Waals surface area contributed by atoms with Gasteiger partial charge in [0.05, 0.1) is 5.92 Å². The van der Waals surface area contributed by atoms with E-state index in [1.807, 2.05) is 0 Å². The number of allylic oxidation sites excluding steroid dienone is 1. The number of carbonyl (C=O) groups excluding carboxylic acids is 1. The summed E-state index contributed by atoms with van der Waals surface area (Å²) < 4.78 is 5.37. The van der Waals surface area contributed by atoms with Crippen molar-refractivity contribution in [1.29, 1.82) is 0 Å². The summed E-state index contributed by atoms with van der Waals surface area (Å²) in [6, 6.07) is 0. The van der Waals surface area contributed by atoms with Gasteiger partial charge in [0.25, 0.3) is 0 Å². The van der Waals surface area contributed by atoms with Gasteiger partial charge in [0, 0.05) is 5.92 Å². The van der Waals surface area contributed by atoms with Gasteiger partial charge in [-0.25, -0.2) is 0 Å². The molecule has 104 valence electrons. The Labute approximate surface area is 112 Å². The first-order valence-electron chi connectivity index (χ1n) is 7.08. The molecule has 1 rings (SSSR count). The first-order chi connectivity index (χ1) is 8.17. The molecule has 1 fully saturated rings. The molecule has 0 saturated carbocycles. The smallest absolute Gasteiger partial charge is 0.315 e. The molecule has 1 aliphatic heterocycles. The van der Waals surface area contributed by atoms with Crippen molar-refractivity contribution in [1.82, 2.24) is 0 Å². The first-order valence-corrected chi connectivity index (χ1v) is 7.08. The highest BCUT2D eigenvalue weighted by atomic mass is 16.5. The van der Waals surface area contributed by atoms with Crippen molar-refractivity contribution in [3.05, 3.63) is 12.3 Å². The maximum Gasteiger partial charge on any atom is 0.315 e. The van der Waals surface area contributed by atoms with E-state index in [9.17, 15) is 4.79 Å². The van der Waals surface area contributed by atoms with E-state index in [0.29, 0.717) is 5.76 Å². The lowest BCUT2D eigenvalue weighted by molar-refractivity contribution is -0.143. The van der Waals surface area contributed by atoms with E-state index in [-0.39, 0.29) is 28.6 Å². The number of hydrogen-bond donors (Lipinski definition) is 0. The first kappa shape index (κ1) is 15.3. The summed E-state index contributed by atoms with van der Waals surface area (Å²) in [4.78, 5) is 12.2. The Morgan fingerprint density at radius 2 is 1.67 bits per heavy atom. The van der Waals surface area contributed by atoms with Crippen molar-refractivity contribution in [3.8, 4) is 0 Å². The molecule has 0 radical (unpaired) electrons. The summed E-state index contributed by atoms with van der Waals surface area (Å²) in [6.45, 7) is 17.1. The van der Waals surface area contributed by atoms with Gasteiger partial charge in [-0.05, 0) is 17.3 Å². The van der Waals surface area contributed by atoms with Crippen LogP contribution in [-0.2, 0) is 9.53 Å². The molecule has 1 aliphatic rings. The summed E-state index contributed by atoms with van der Waals surface area (Å²) in [5, 5.41) is 0. The number of carbonyl (C=O) groups is 1. The van der Waals surface area contributed by atoms with Gasteiger partial charge in [-0.1, -0.05) is 61.0 Å². The highest BCUT2D eigenvalue weighted by Crippen LogP contribution is 2.52. The molecule has 0 aliphatic carbocycles. The zero-order chi connectivity index (χ0) is 14.1. The van der Waals surface area contributed by atoms with Gasteiger partial charge < -0.3 is 4.74 Å². The number of hydrogen-bond acceptors (Lipinski definition) is 2. The van der Waals surface area contributed by atoms with E-state index in [1.54, 1.807) is 0 Å². The topological polar surface area (TPSA) is 26.3 Å². The molecule has 0 spiro atoms. The van der Waals surface area contributed by atoms with Gasteiger partial charge in [-0.3, -0.25) is 4.79 Å². The molecular weight excluding hydrogens is 224 g/mol. The highest BCUT2D eigenvalue weighted by Gasteiger charge is 2.53. The SMILES string of the molecule is C=C1OC(=O)C(C(C)(C)CC)C1C(C)(C)CCC. The molecule has 18 heavy (non-hydrogen) atoms. The third-order valence-electron chi connectivity index (χ3n) is 4.66. The van der Waals surface area contributed by atoms with Crippen molar-refractivity contribution < 1.29 is 9.53 Å². The monoisotopic (exact) mass is 252 g/mol. The zero-order valence-corrected chi connectivity index (χ0v) is 12.8. The van der Waals surface area contributed by atoms with Gasteiger partial charge in [0.15, 0.2) is 0 Å². The van der Waals surface area contributed by atoms with Crippen LogP contribution in [-0.4, -0.2) is 5.97 Å². The Morgan fingerprint density at radius 1 is 1.11 bits per heavy atom. The lowest BCUT2D eigenvalue weighted by Crippen LogP contribution is -2.38. The molecule has 0 aromatic carbocycles. The van der Waals surface area contributed by atoms with E-state index in [2.05, 4.69) is 48.1 Å². The quantitative estimate of drug-likeness (QED) is 0.671. The molecule has 1 heterocycles. The van der Waals surface area contributed by atoms with Crippen LogP contribution in [0.1, 0.15) is 60.8 Å². The maximum absolute atomic E-state index is 12.2. The predicted molar refractivity (Wildman–Crippen MR) is 75.0 cm³/mol. The highest BCUT2D eigenvalue weighted by molar-refractivity contribution is 5.78. The van der Waals surface area contributed by atoms with Crippen molar-refractivity contribution >= 4 is 5.97 Å². The van der Waals surface area contributed by atoms with Crippen molar-refractivity contribution in [2.75, 3.05) is 0 Å². The molecule has 2 nitrogen and oxygen atoms in total. The molecule has 0 amide bonds. The Kier molecular flexibility index (Phi) is 4.30. The van der Waals surface area contributed by atoms with Crippen LogP contribution in [0.4, 0.5) is 0 Å². The second-order valence-electron chi connectivity index (χ2n) is 6.92. The van der Waals surface area contributed by atoms with Crippen LogP contribution in [0.5, 0.6) is 0 Å². The predicted octanol–water partition coefficient (Wildman–Crippen LogP) is 4.55. The van der Waals surface area contributed by atoms with E-state index in [0.717, 1.165) is 19.3 Å². The fourth-order valence-corrected chi connectivity index (χ4v) is 3.26. The fraction of sp³-hybridized carbons (Fsp3) is 0.812. The van der Waals surface area contributed by atoms with Crippen LogP contribution in [0.15, 0.2) is 12.3 Å². The second kappa shape index (κ2) is 5.07. The van der Waals surface area contributed by atoms with Crippen LogP contribution in [0.3, 0.4) is 0 Å². The molecule has 1 saturated heterocycles. The summed E-state index contributed by atoms with van der Waals surface area (Å²) in [5.74, 6) is 0.669. The Morgan fingerprint density at radius 3 is 2.11 bits per heavy atom. The third kappa shape index (κ3) is 2.62. The summed E-state index contributed by atoms with van der Waals surface area (Å²) in [6.07, 6.45) is 3.17. The molecule has 0 aromatic rings. The number of esters is 1. The molecule has 0 N–H and O–H groups in total. The normalized spacial score (nSPS) is 25.4. The van der Waals surface area contributed by atoms with Crippen LogP contribution in [0.25, 0.3) is 0 Å². The second-order valence-corrected chi connectivity index (χ2v) is 6.92. The van der Waals surface area contributed by atoms with Gasteiger partial charge in [-0.2, -0.15) is 0 Å². The standard InChI is InChI=1S/C16H28O2/c1-8-10-16(6,7)12-11(3)18-14(17)13(12)15(4,5)9-2/h12-13H,3,8-10H2,1-2,4-7H3. The van der Waals surface area contributed by atoms with Crippen LogP contribution >= 0.6 is 0 Å². The number of rotatable bonds is 5. The lowest BCUT2D eigenvalue weighted by Gasteiger charge is -2.39. The average molecular weight is 252 g/mol. The third-order valence-corrected chi connectivity index (χ3v) is 4.66. The van der Waals surface area contributed by atoms with E-state index in [1.165, 1.54) is 0 Å². The fourth-order valence-electron chi connectivity index (χ4n) is 3.26. The van der Waals surface area contributed by atoms with Crippen LogP contribution in [0, 0.1) is 22.7 Å². The molecule has 2 atom stereocenters. The van der Waals surface area contributed by atoms with Gasteiger partial charge in [-0.15, -0.1) is 0 Å². The average Bonchev–Trinajstić information content (AvgIpc) is 2.54. The molecule has 2 heteroatoms.